The normalized spacial score (nSPS) is 35.9. The van der Waals surface area contributed by atoms with E-state index < -0.39 is 0 Å². The van der Waals surface area contributed by atoms with Gasteiger partial charge in [0.25, 0.3) is 0 Å². The Balaban J connectivity index is 2.06. The van der Waals surface area contributed by atoms with Crippen LogP contribution in [-0.4, -0.2) is 13.1 Å². The summed E-state index contributed by atoms with van der Waals surface area (Å²) in [7, 11) is 0. The summed E-state index contributed by atoms with van der Waals surface area (Å²) in [5, 5.41) is 4.37. The number of nitrogens with one attached hydrogen (secondary N) is 1. The zero-order valence-corrected chi connectivity index (χ0v) is 8.14. The summed E-state index contributed by atoms with van der Waals surface area (Å²) in [6, 6.07) is 8.26. The molecule has 1 aliphatic heterocycles. The molecule has 13 heavy (non-hydrogen) atoms. The first-order valence-corrected chi connectivity index (χ1v) is 5.16. The first kappa shape index (κ1) is 7.84. The van der Waals surface area contributed by atoms with Crippen LogP contribution >= 0.6 is 11.6 Å². The van der Waals surface area contributed by atoms with Crippen LogP contribution < -0.4 is 5.32 Å². The average molecular weight is 194 g/mol. The molecule has 1 aromatic rings. The van der Waals surface area contributed by atoms with E-state index in [-0.39, 0.29) is 0 Å². The molecule has 0 unspecified atom stereocenters. The molecule has 2 fully saturated rings. The van der Waals surface area contributed by atoms with Gasteiger partial charge in [-0.15, -0.1) is 0 Å². The third-order valence-electron chi connectivity index (χ3n) is 3.47. The number of piperidine rings is 1. The molecule has 3 rings (SSSR count). The lowest BCUT2D eigenvalue weighted by atomic mass is 9.95. The lowest BCUT2D eigenvalue weighted by Crippen LogP contribution is -2.19. The molecule has 1 aromatic carbocycles. The van der Waals surface area contributed by atoms with Crippen molar-refractivity contribution in [1.29, 1.82) is 0 Å². The Hall–Kier alpha value is -0.530. The molecule has 0 amide bonds. The Morgan fingerprint density at radius 1 is 1.38 bits per heavy atom. The Morgan fingerprint density at radius 3 is 2.85 bits per heavy atom. The summed E-state index contributed by atoms with van der Waals surface area (Å²) in [5.41, 5.74) is 1.75. The Labute approximate surface area is 83.1 Å². The van der Waals surface area contributed by atoms with Crippen LogP contribution in [0.3, 0.4) is 0 Å². The van der Waals surface area contributed by atoms with E-state index in [9.17, 15) is 0 Å². The van der Waals surface area contributed by atoms with Crippen LogP contribution in [0.2, 0.25) is 5.02 Å². The van der Waals surface area contributed by atoms with Gasteiger partial charge in [-0.1, -0.05) is 29.8 Å². The predicted octanol–water partition coefficient (Wildman–Crippen LogP) is 2.20. The van der Waals surface area contributed by atoms with Gasteiger partial charge in [-0.25, -0.2) is 0 Å². The maximum Gasteiger partial charge on any atom is 0.0444 e. The first-order valence-electron chi connectivity index (χ1n) is 4.79. The van der Waals surface area contributed by atoms with Crippen molar-refractivity contribution in [2.24, 2.45) is 5.92 Å². The molecule has 1 nitrogen and oxygen atoms in total. The summed E-state index contributed by atoms with van der Waals surface area (Å²) < 4.78 is 0. The van der Waals surface area contributed by atoms with Crippen LogP contribution in [-0.2, 0) is 5.41 Å². The van der Waals surface area contributed by atoms with E-state index in [0.29, 0.717) is 5.41 Å². The second-order valence-electron chi connectivity index (χ2n) is 4.17. The highest BCUT2D eigenvalue weighted by atomic mass is 35.5. The van der Waals surface area contributed by atoms with Crippen molar-refractivity contribution in [2.45, 2.75) is 11.8 Å². The van der Waals surface area contributed by atoms with E-state index in [4.69, 9.17) is 11.6 Å². The highest BCUT2D eigenvalue weighted by Crippen LogP contribution is 2.57. The van der Waals surface area contributed by atoms with Crippen LogP contribution in [0, 0.1) is 5.92 Å². The fraction of sp³-hybridized carbons (Fsp3) is 0.455. The molecule has 1 saturated carbocycles. The summed E-state index contributed by atoms with van der Waals surface area (Å²) in [5.74, 6) is 0.840. The van der Waals surface area contributed by atoms with Crippen molar-refractivity contribution in [3.05, 3.63) is 34.9 Å². The van der Waals surface area contributed by atoms with Crippen LogP contribution in [0.1, 0.15) is 12.0 Å². The van der Waals surface area contributed by atoms with Crippen molar-refractivity contribution in [2.75, 3.05) is 13.1 Å². The Bertz CT molecular complexity index is 350. The van der Waals surface area contributed by atoms with Crippen LogP contribution in [0.5, 0.6) is 0 Å². The topological polar surface area (TPSA) is 12.0 Å². The minimum Gasteiger partial charge on any atom is -0.316 e. The quantitative estimate of drug-likeness (QED) is 0.721. The van der Waals surface area contributed by atoms with Gasteiger partial charge in [-0.05, 0) is 30.5 Å². The smallest absolute Gasteiger partial charge is 0.0444 e. The maximum absolute atomic E-state index is 6.19. The highest BCUT2D eigenvalue weighted by molar-refractivity contribution is 6.31. The van der Waals surface area contributed by atoms with Gasteiger partial charge in [0.2, 0.25) is 0 Å². The van der Waals surface area contributed by atoms with Gasteiger partial charge < -0.3 is 5.32 Å². The first-order chi connectivity index (χ1) is 6.33. The van der Waals surface area contributed by atoms with E-state index in [0.717, 1.165) is 17.5 Å². The zero-order chi connectivity index (χ0) is 8.89. The number of hydrogen-bond acceptors (Lipinski definition) is 1. The van der Waals surface area contributed by atoms with E-state index >= 15 is 0 Å². The monoisotopic (exact) mass is 193 g/mol. The van der Waals surface area contributed by atoms with Gasteiger partial charge in [0, 0.05) is 17.0 Å². The Kier molecular flexibility index (Phi) is 1.50. The van der Waals surface area contributed by atoms with Gasteiger partial charge in [0.15, 0.2) is 0 Å². The standard InChI is InChI=1S/C11H12ClN/c12-10-4-2-1-3-9(10)11-5-8(11)6-13-7-11/h1-4,8,13H,5-7H2/t8-,11+/m1/s1. The molecule has 1 saturated heterocycles. The third-order valence-corrected chi connectivity index (χ3v) is 3.80. The van der Waals surface area contributed by atoms with Gasteiger partial charge in [-0.3, -0.25) is 0 Å². The molecule has 0 radical (unpaired) electrons. The van der Waals surface area contributed by atoms with Gasteiger partial charge in [0.1, 0.15) is 0 Å². The number of hydrogen-bond donors (Lipinski definition) is 1. The summed E-state index contributed by atoms with van der Waals surface area (Å²) in [4.78, 5) is 0. The largest absolute Gasteiger partial charge is 0.316 e. The van der Waals surface area contributed by atoms with Crippen molar-refractivity contribution < 1.29 is 0 Å². The number of benzene rings is 1. The lowest BCUT2D eigenvalue weighted by molar-refractivity contribution is 0.676. The summed E-state index contributed by atoms with van der Waals surface area (Å²) in [6.45, 7) is 2.28. The molecule has 0 bridgehead atoms. The van der Waals surface area contributed by atoms with Crippen LogP contribution in [0.25, 0.3) is 0 Å². The van der Waals surface area contributed by atoms with E-state index in [1.165, 1.54) is 18.5 Å². The summed E-state index contributed by atoms with van der Waals surface area (Å²) in [6.07, 6.45) is 1.32. The van der Waals surface area contributed by atoms with Crippen molar-refractivity contribution in [1.82, 2.24) is 5.32 Å². The molecule has 0 aromatic heterocycles. The molecule has 1 heterocycles. The van der Waals surface area contributed by atoms with Crippen LogP contribution in [0.15, 0.2) is 24.3 Å². The van der Waals surface area contributed by atoms with Gasteiger partial charge in [-0.2, -0.15) is 0 Å². The van der Waals surface area contributed by atoms with E-state index in [1.807, 2.05) is 12.1 Å². The SMILES string of the molecule is Clc1ccccc1[C@@]12CNC[C@H]1C2. The second-order valence-corrected chi connectivity index (χ2v) is 4.58. The predicted molar refractivity (Wildman–Crippen MR) is 54.1 cm³/mol. The number of rotatable bonds is 1. The minimum absolute atomic E-state index is 0.401. The van der Waals surface area contributed by atoms with E-state index in [2.05, 4.69) is 17.4 Å². The van der Waals surface area contributed by atoms with Crippen molar-refractivity contribution in [3.8, 4) is 0 Å². The number of halogens is 1. The highest BCUT2D eigenvalue weighted by Gasteiger charge is 2.58. The second kappa shape index (κ2) is 2.49. The van der Waals surface area contributed by atoms with Gasteiger partial charge >= 0.3 is 0 Å². The third kappa shape index (κ3) is 0.976. The average Bonchev–Trinajstić information content (AvgIpc) is 2.70. The zero-order valence-electron chi connectivity index (χ0n) is 7.39. The molecule has 2 heteroatoms. The maximum atomic E-state index is 6.19. The minimum atomic E-state index is 0.401. The van der Waals surface area contributed by atoms with Crippen molar-refractivity contribution in [3.63, 3.8) is 0 Å². The molecule has 1 N–H and O–H groups in total. The molecule has 2 aliphatic rings. The fourth-order valence-corrected chi connectivity index (χ4v) is 2.95. The molecule has 2 atom stereocenters. The molecular formula is C11H12ClN. The van der Waals surface area contributed by atoms with Crippen LogP contribution in [0.4, 0.5) is 0 Å². The summed E-state index contributed by atoms with van der Waals surface area (Å²) >= 11 is 6.19. The number of fused-ring (bicyclic) bond motifs is 1. The van der Waals surface area contributed by atoms with Crippen molar-refractivity contribution >= 4 is 11.6 Å². The van der Waals surface area contributed by atoms with E-state index in [1.54, 1.807) is 0 Å². The van der Waals surface area contributed by atoms with Gasteiger partial charge in [0.05, 0.1) is 0 Å². The molecule has 1 aliphatic carbocycles. The molecular weight excluding hydrogens is 182 g/mol. The molecule has 0 spiro atoms. The Morgan fingerprint density at radius 2 is 2.23 bits per heavy atom. The molecule has 68 valence electrons. The lowest BCUT2D eigenvalue weighted by Gasteiger charge is -2.13. The fourth-order valence-electron chi connectivity index (χ4n) is 2.62.